The van der Waals surface area contributed by atoms with Crippen molar-refractivity contribution in [2.75, 3.05) is 19.7 Å². The topological polar surface area (TPSA) is 67.4 Å². The number of sulfonamides is 1. The molecule has 126 valence electrons. The molecule has 1 aliphatic rings. The van der Waals surface area contributed by atoms with Gasteiger partial charge in [-0.25, -0.2) is 21.9 Å². The van der Waals surface area contributed by atoms with E-state index in [9.17, 15) is 17.2 Å². The van der Waals surface area contributed by atoms with E-state index in [-0.39, 0.29) is 29.1 Å². The lowest BCUT2D eigenvalue weighted by atomic mass is 10.1. The molecule has 1 aromatic rings. The van der Waals surface area contributed by atoms with Crippen LogP contribution in [0.5, 0.6) is 5.75 Å². The molecule has 1 saturated heterocycles. The zero-order valence-corrected chi connectivity index (χ0v) is 13.4. The number of benzene rings is 1. The average molecular weight is 357 g/mol. The van der Waals surface area contributed by atoms with Crippen LogP contribution in [0.1, 0.15) is 12.8 Å². The third-order valence-corrected chi connectivity index (χ3v) is 4.67. The maximum absolute atomic E-state index is 12.2. The van der Waals surface area contributed by atoms with Gasteiger partial charge in [0.25, 0.3) is 6.43 Å². The zero-order valence-electron chi connectivity index (χ0n) is 11.8. The van der Waals surface area contributed by atoms with E-state index in [1.807, 2.05) is 0 Å². The third-order valence-electron chi connectivity index (χ3n) is 3.13. The van der Waals surface area contributed by atoms with Crippen molar-refractivity contribution in [2.45, 2.75) is 30.2 Å². The fourth-order valence-electron chi connectivity index (χ4n) is 2.11. The Balaban J connectivity index is 0.00000242. The van der Waals surface area contributed by atoms with Gasteiger partial charge in [-0.15, -0.1) is 12.4 Å². The summed E-state index contributed by atoms with van der Waals surface area (Å²) in [5.74, 6) is 0.216. The minimum Gasteiger partial charge on any atom is -0.488 e. The van der Waals surface area contributed by atoms with Gasteiger partial charge in [0, 0.05) is 12.6 Å². The van der Waals surface area contributed by atoms with Crippen molar-refractivity contribution in [3.05, 3.63) is 24.3 Å². The lowest BCUT2D eigenvalue weighted by Gasteiger charge is -2.23. The molecule has 0 bridgehead atoms. The molecule has 22 heavy (non-hydrogen) atoms. The Hall–Kier alpha value is -0.960. The van der Waals surface area contributed by atoms with Crippen LogP contribution in [0, 0.1) is 0 Å². The molecule has 1 atom stereocenters. The normalized spacial score (nSPS) is 18.8. The summed E-state index contributed by atoms with van der Waals surface area (Å²) in [6.07, 6.45) is -0.844. The maximum Gasteiger partial charge on any atom is 0.272 e. The second-order valence-electron chi connectivity index (χ2n) is 4.84. The number of alkyl halides is 2. The summed E-state index contributed by atoms with van der Waals surface area (Å²) in [6, 6.07) is 5.31. The zero-order chi connectivity index (χ0) is 15.3. The van der Waals surface area contributed by atoms with Crippen LogP contribution in [0.25, 0.3) is 0 Å². The van der Waals surface area contributed by atoms with Crippen LogP contribution in [0.15, 0.2) is 29.2 Å². The lowest BCUT2D eigenvalue weighted by molar-refractivity contribution is 0.0819. The number of nitrogens with one attached hydrogen (secondary N) is 2. The summed E-state index contributed by atoms with van der Waals surface area (Å²) >= 11 is 0. The standard InChI is InChI=1S/C13H18F2N2O3S.ClH/c14-13(15)9-20-11-3-5-12(6-4-11)21(18,19)17-10-2-1-7-16-8-10;/h3-6,10,13,16-17H,1-2,7-9H2;1H. The number of piperidine rings is 1. The van der Waals surface area contributed by atoms with Gasteiger partial charge >= 0.3 is 0 Å². The molecule has 0 radical (unpaired) electrons. The predicted octanol–water partition coefficient (Wildman–Crippen LogP) is 1.78. The van der Waals surface area contributed by atoms with Crippen LogP contribution in [0.4, 0.5) is 8.78 Å². The van der Waals surface area contributed by atoms with E-state index in [1.54, 1.807) is 0 Å². The molecule has 1 unspecified atom stereocenters. The fraction of sp³-hybridized carbons (Fsp3) is 0.538. The lowest BCUT2D eigenvalue weighted by Crippen LogP contribution is -2.45. The van der Waals surface area contributed by atoms with E-state index >= 15 is 0 Å². The van der Waals surface area contributed by atoms with Gasteiger partial charge in [0.15, 0.2) is 0 Å². The SMILES string of the molecule is Cl.O=S(=O)(NC1CCCNC1)c1ccc(OCC(F)F)cc1. The molecule has 1 heterocycles. The monoisotopic (exact) mass is 356 g/mol. The van der Waals surface area contributed by atoms with E-state index in [4.69, 9.17) is 4.74 Å². The molecule has 0 amide bonds. The molecule has 0 spiro atoms. The van der Waals surface area contributed by atoms with Crippen LogP contribution in [-0.4, -0.2) is 40.6 Å². The first kappa shape index (κ1) is 19.1. The number of ether oxygens (including phenoxy) is 1. The molecular weight excluding hydrogens is 338 g/mol. The first-order chi connectivity index (χ1) is 9.97. The molecule has 1 aromatic carbocycles. The Morgan fingerprint density at radius 2 is 2.00 bits per heavy atom. The van der Waals surface area contributed by atoms with Gasteiger partial charge in [0.1, 0.15) is 12.4 Å². The minimum atomic E-state index is -3.60. The summed E-state index contributed by atoms with van der Waals surface area (Å²) in [6.45, 7) is 0.793. The van der Waals surface area contributed by atoms with Crippen LogP contribution in [0.2, 0.25) is 0 Å². The highest BCUT2D eigenvalue weighted by atomic mass is 35.5. The second kappa shape index (κ2) is 8.61. The highest BCUT2D eigenvalue weighted by Gasteiger charge is 2.21. The van der Waals surface area contributed by atoms with Crippen molar-refractivity contribution in [3.63, 3.8) is 0 Å². The average Bonchev–Trinajstić information content (AvgIpc) is 2.46. The van der Waals surface area contributed by atoms with Crippen LogP contribution < -0.4 is 14.8 Å². The van der Waals surface area contributed by atoms with E-state index in [1.165, 1.54) is 24.3 Å². The molecular formula is C13H19ClF2N2O3S. The van der Waals surface area contributed by atoms with Crippen molar-refractivity contribution in [2.24, 2.45) is 0 Å². The molecule has 2 N–H and O–H groups in total. The molecule has 1 aliphatic heterocycles. The number of halogens is 3. The van der Waals surface area contributed by atoms with Crippen molar-refractivity contribution in [1.82, 2.24) is 10.0 Å². The summed E-state index contributed by atoms with van der Waals surface area (Å²) in [5, 5.41) is 3.13. The molecule has 2 rings (SSSR count). The summed E-state index contributed by atoms with van der Waals surface area (Å²) < 4.78 is 55.8. The quantitative estimate of drug-likeness (QED) is 0.815. The van der Waals surface area contributed by atoms with Gasteiger partial charge in [0.05, 0.1) is 4.90 Å². The van der Waals surface area contributed by atoms with Gasteiger partial charge in [0.2, 0.25) is 10.0 Å². The molecule has 0 aromatic heterocycles. The van der Waals surface area contributed by atoms with Crippen molar-refractivity contribution < 1.29 is 21.9 Å². The van der Waals surface area contributed by atoms with Gasteiger partial charge in [-0.3, -0.25) is 0 Å². The summed E-state index contributed by atoms with van der Waals surface area (Å²) in [7, 11) is -3.60. The smallest absolute Gasteiger partial charge is 0.272 e. The van der Waals surface area contributed by atoms with Gasteiger partial charge in [-0.05, 0) is 43.7 Å². The Morgan fingerprint density at radius 1 is 1.32 bits per heavy atom. The first-order valence-electron chi connectivity index (χ1n) is 6.71. The Morgan fingerprint density at radius 3 is 2.55 bits per heavy atom. The molecule has 0 saturated carbocycles. The van der Waals surface area contributed by atoms with Crippen LogP contribution in [-0.2, 0) is 10.0 Å². The third kappa shape index (κ3) is 5.68. The van der Waals surface area contributed by atoms with E-state index in [0.717, 1.165) is 19.4 Å². The van der Waals surface area contributed by atoms with Gasteiger partial charge in [-0.1, -0.05) is 0 Å². The van der Waals surface area contributed by atoms with E-state index in [0.29, 0.717) is 6.54 Å². The largest absolute Gasteiger partial charge is 0.488 e. The Kier molecular flexibility index (Phi) is 7.47. The minimum absolute atomic E-state index is 0. The van der Waals surface area contributed by atoms with Crippen molar-refractivity contribution in [1.29, 1.82) is 0 Å². The fourth-order valence-corrected chi connectivity index (χ4v) is 3.38. The van der Waals surface area contributed by atoms with Gasteiger partial charge < -0.3 is 10.1 Å². The number of hydrogen-bond acceptors (Lipinski definition) is 4. The first-order valence-corrected chi connectivity index (χ1v) is 8.20. The van der Waals surface area contributed by atoms with E-state index < -0.39 is 23.1 Å². The predicted molar refractivity (Wildman–Crippen MR) is 81.4 cm³/mol. The molecule has 9 heteroatoms. The molecule has 5 nitrogen and oxygen atoms in total. The summed E-state index contributed by atoms with van der Waals surface area (Å²) in [5.41, 5.74) is 0. The number of rotatable bonds is 6. The number of hydrogen-bond donors (Lipinski definition) is 2. The Labute approximate surface area is 134 Å². The maximum atomic E-state index is 12.2. The highest BCUT2D eigenvalue weighted by molar-refractivity contribution is 7.89. The second-order valence-corrected chi connectivity index (χ2v) is 6.55. The van der Waals surface area contributed by atoms with Crippen molar-refractivity contribution in [3.8, 4) is 5.75 Å². The van der Waals surface area contributed by atoms with Crippen LogP contribution >= 0.6 is 12.4 Å². The van der Waals surface area contributed by atoms with E-state index in [2.05, 4.69) is 10.0 Å². The molecule has 0 aliphatic carbocycles. The van der Waals surface area contributed by atoms with Crippen molar-refractivity contribution >= 4 is 22.4 Å². The molecule has 1 fully saturated rings. The van der Waals surface area contributed by atoms with Gasteiger partial charge in [-0.2, -0.15) is 0 Å². The highest BCUT2D eigenvalue weighted by Crippen LogP contribution is 2.17. The Bertz CT molecular complexity index is 549. The summed E-state index contributed by atoms with van der Waals surface area (Å²) in [4.78, 5) is 0.0949. The van der Waals surface area contributed by atoms with Crippen LogP contribution in [0.3, 0.4) is 0 Å².